The average molecular weight is 370 g/mol. The number of nitrogens with zero attached hydrogens (tertiary/aromatic N) is 1. The molecular weight excluding hydrogens is 352 g/mol. The van der Waals surface area contributed by atoms with Crippen LogP contribution in [0.2, 0.25) is 0 Å². The van der Waals surface area contributed by atoms with Gasteiger partial charge in [-0.1, -0.05) is 0 Å². The van der Waals surface area contributed by atoms with Crippen LogP contribution in [0, 0.1) is 0 Å². The normalized spacial score (nSPS) is 22.8. The predicted octanol–water partition coefficient (Wildman–Crippen LogP) is 1.15. The number of thiophene rings is 1. The average Bonchev–Trinajstić information content (AvgIpc) is 3.12. The van der Waals surface area contributed by atoms with E-state index in [1.165, 1.54) is 11.3 Å². The molecule has 0 radical (unpaired) electrons. The maximum Gasteiger partial charge on any atom is 0.260 e. The van der Waals surface area contributed by atoms with Crippen LogP contribution in [0.3, 0.4) is 0 Å². The van der Waals surface area contributed by atoms with E-state index in [9.17, 15) is 13.2 Å². The van der Waals surface area contributed by atoms with Crippen LogP contribution >= 0.6 is 11.3 Å². The molecule has 1 unspecified atom stereocenters. The number of hydrogen-bond acceptors (Lipinski definition) is 7. The molecule has 1 N–H and O–H groups in total. The van der Waals surface area contributed by atoms with E-state index in [-0.39, 0.29) is 29.8 Å². The Morgan fingerprint density at radius 1 is 1.42 bits per heavy atom. The van der Waals surface area contributed by atoms with Crippen molar-refractivity contribution in [3.05, 3.63) is 26.6 Å². The van der Waals surface area contributed by atoms with Gasteiger partial charge in [0.2, 0.25) is 0 Å². The Morgan fingerprint density at radius 2 is 2.29 bits per heavy atom. The van der Waals surface area contributed by atoms with E-state index in [0.29, 0.717) is 29.1 Å². The lowest BCUT2D eigenvalue weighted by atomic mass is 10.1. The van der Waals surface area contributed by atoms with Crippen molar-refractivity contribution in [1.82, 2.24) is 9.97 Å². The summed E-state index contributed by atoms with van der Waals surface area (Å²) in [5, 5.41) is 0.535. The third-order valence-corrected chi connectivity index (χ3v) is 7.24. The van der Waals surface area contributed by atoms with E-state index >= 15 is 0 Å². The Morgan fingerprint density at radius 3 is 3.08 bits per heavy atom. The first kappa shape index (κ1) is 16.2. The molecule has 2 aromatic heterocycles. The number of nitrogens with one attached hydrogen (secondary N) is 1. The Balaban J connectivity index is 1.57. The lowest BCUT2D eigenvalue weighted by Crippen LogP contribution is -2.20. The molecule has 4 rings (SSSR count). The fourth-order valence-corrected chi connectivity index (χ4v) is 6.24. The van der Waals surface area contributed by atoms with Gasteiger partial charge in [0.15, 0.2) is 9.84 Å². The first-order chi connectivity index (χ1) is 11.5. The van der Waals surface area contributed by atoms with E-state index in [0.717, 1.165) is 29.9 Å². The monoisotopic (exact) mass is 370 g/mol. The zero-order chi connectivity index (χ0) is 16.7. The zero-order valence-corrected chi connectivity index (χ0v) is 14.7. The largest absolute Gasteiger partial charge is 0.376 e. The maximum absolute atomic E-state index is 12.4. The Bertz CT molecular complexity index is 925. The molecule has 0 aliphatic carbocycles. The predicted molar refractivity (Wildman–Crippen MR) is 90.1 cm³/mol. The van der Waals surface area contributed by atoms with Gasteiger partial charge >= 0.3 is 0 Å². The van der Waals surface area contributed by atoms with Gasteiger partial charge in [0.1, 0.15) is 17.3 Å². The summed E-state index contributed by atoms with van der Waals surface area (Å²) in [6, 6.07) is 0. The van der Waals surface area contributed by atoms with E-state index < -0.39 is 9.84 Å². The number of aromatic nitrogens is 2. The maximum atomic E-state index is 12.4. The summed E-state index contributed by atoms with van der Waals surface area (Å²) >= 11 is 1.30. The Kier molecular flexibility index (Phi) is 4.19. The Hall–Kier alpha value is -1.29. The molecular formula is C15H18N2O5S2. The van der Waals surface area contributed by atoms with Gasteiger partial charge < -0.3 is 14.5 Å². The summed E-state index contributed by atoms with van der Waals surface area (Å²) in [4.78, 5) is 20.9. The lowest BCUT2D eigenvalue weighted by Gasteiger charge is -2.11. The molecule has 7 nitrogen and oxygen atoms in total. The second-order valence-electron chi connectivity index (χ2n) is 6.19. The first-order valence-electron chi connectivity index (χ1n) is 7.95. The fourth-order valence-electron chi connectivity index (χ4n) is 3.20. The van der Waals surface area contributed by atoms with E-state index in [4.69, 9.17) is 9.47 Å². The van der Waals surface area contributed by atoms with Gasteiger partial charge in [0, 0.05) is 11.5 Å². The second kappa shape index (κ2) is 6.21. The highest BCUT2D eigenvalue weighted by Gasteiger charge is 2.27. The molecule has 2 aliphatic rings. The van der Waals surface area contributed by atoms with Gasteiger partial charge in [0.25, 0.3) is 5.56 Å². The molecule has 24 heavy (non-hydrogen) atoms. The summed E-state index contributed by atoms with van der Waals surface area (Å²) < 4.78 is 34.6. The highest BCUT2D eigenvalue weighted by molar-refractivity contribution is 7.90. The first-order valence-corrected chi connectivity index (χ1v) is 10.6. The lowest BCUT2D eigenvalue weighted by molar-refractivity contribution is 0.00867. The van der Waals surface area contributed by atoms with Crippen molar-refractivity contribution < 1.29 is 17.9 Å². The van der Waals surface area contributed by atoms with E-state index in [2.05, 4.69) is 9.97 Å². The molecule has 1 saturated heterocycles. The van der Waals surface area contributed by atoms with E-state index in [1.54, 1.807) is 0 Å². The van der Waals surface area contributed by atoms with Crippen molar-refractivity contribution in [3.8, 4) is 0 Å². The third-order valence-electron chi connectivity index (χ3n) is 4.37. The van der Waals surface area contributed by atoms with Crippen LogP contribution in [0.15, 0.2) is 4.79 Å². The molecule has 2 aromatic rings. The van der Waals surface area contributed by atoms with Gasteiger partial charge in [-0.25, -0.2) is 13.4 Å². The van der Waals surface area contributed by atoms with Crippen LogP contribution in [0.25, 0.3) is 10.2 Å². The summed E-state index contributed by atoms with van der Waals surface area (Å²) in [6.45, 7) is 1.48. The number of ether oxygens (including phenoxy) is 2. The van der Waals surface area contributed by atoms with Gasteiger partial charge in [-0.15, -0.1) is 11.3 Å². The fraction of sp³-hybridized carbons (Fsp3) is 0.600. The third kappa shape index (κ3) is 3.13. The molecule has 0 bridgehead atoms. The minimum absolute atomic E-state index is 0.00759. The van der Waals surface area contributed by atoms with E-state index in [1.807, 2.05) is 0 Å². The number of fused-ring (bicyclic) bond motifs is 3. The number of aryl methyl sites for hydroxylation is 1. The van der Waals surface area contributed by atoms with Gasteiger partial charge in [-0.05, 0) is 24.8 Å². The van der Waals surface area contributed by atoms with Crippen molar-refractivity contribution in [2.45, 2.75) is 37.7 Å². The summed E-state index contributed by atoms with van der Waals surface area (Å²) in [5.74, 6) is 0.567. The number of rotatable bonds is 4. The Labute approximate surface area is 142 Å². The number of aromatic amines is 1. The van der Waals surface area contributed by atoms with Crippen LogP contribution in [-0.2, 0) is 38.1 Å². The second-order valence-corrected chi connectivity index (χ2v) is 9.46. The molecule has 4 heterocycles. The standard InChI is InChI=1S/C15H18N2O5S2/c18-14-13-10-3-5-24(19,20)8-11(10)23-15(13)17-12(16-14)7-21-6-9-2-1-4-22-9/h9H,1-8H2,(H,16,17,18). The van der Waals surface area contributed by atoms with Gasteiger partial charge in [-0.2, -0.15) is 0 Å². The molecule has 0 amide bonds. The number of H-pyrrole nitrogens is 1. The van der Waals surface area contributed by atoms with Crippen LogP contribution < -0.4 is 5.56 Å². The molecule has 0 saturated carbocycles. The van der Waals surface area contributed by atoms with Crippen LogP contribution in [0.5, 0.6) is 0 Å². The minimum atomic E-state index is -3.06. The molecule has 0 aromatic carbocycles. The topological polar surface area (TPSA) is 98.3 Å². The van der Waals surface area contributed by atoms with Crippen molar-refractivity contribution in [2.75, 3.05) is 19.0 Å². The molecule has 130 valence electrons. The van der Waals surface area contributed by atoms with Gasteiger partial charge in [-0.3, -0.25) is 4.79 Å². The van der Waals surface area contributed by atoms with Crippen LogP contribution in [0.4, 0.5) is 0 Å². The molecule has 9 heteroatoms. The number of hydrogen-bond donors (Lipinski definition) is 1. The smallest absolute Gasteiger partial charge is 0.260 e. The van der Waals surface area contributed by atoms with Crippen LogP contribution in [-0.4, -0.2) is 43.5 Å². The molecule has 1 atom stereocenters. The van der Waals surface area contributed by atoms with Crippen molar-refractivity contribution in [1.29, 1.82) is 0 Å². The minimum Gasteiger partial charge on any atom is -0.376 e. The van der Waals surface area contributed by atoms with Crippen molar-refractivity contribution in [3.63, 3.8) is 0 Å². The quantitative estimate of drug-likeness (QED) is 0.867. The van der Waals surface area contributed by atoms with Crippen molar-refractivity contribution in [2.24, 2.45) is 0 Å². The van der Waals surface area contributed by atoms with Crippen molar-refractivity contribution >= 4 is 31.4 Å². The highest BCUT2D eigenvalue weighted by Crippen LogP contribution is 2.33. The van der Waals surface area contributed by atoms with Gasteiger partial charge in [0.05, 0.1) is 29.6 Å². The summed E-state index contributed by atoms with van der Waals surface area (Å²) in [6.07, 6.45) is 2.56. The summed E-state index contributed by atoms with van der Waals surface area (Å²) in [7, 11) is -3.06. The molecule has 1 fully saturated rings. The number of sulfone groups is 1. The molecule has 2 aliphatic heterocycles. The summed E-state index contributed by atoms with van der Waals surface area (Å²) in [5.41, 5.74) is 0.623. The molecule has 0 spiro atoms. The highest BCUT2D eigenvalue weighted by atomic mass is 32.2. The zero-order valence-electron chi connectivity index (χ0n) is 13.0. The van der Waals surface area contributed by atoms with Crippen LogP contribution in [0.1, 0.15) is 29.1 Å². The SMILES string of the molecule is O=c1[nH]c(COCC2CCCO2)nc2sc3c(c12)CCS(=O)(=O)C3.